The summed E-state index contributed by atoms with van der Waals surface area (Å²) >= 11 is 0. The van der Waals surface area contributed by atoms with Gasteiger partial charge in [-0.2, -0.15) is 5.10 Å². The van der Waals surface area contributed by atoms with Gasteiger partial charge < -0.3 is 10.1 Å². The summed E-state index contributed by atoms with van der Waals surface area (Å²) in [4.78, 5) is 0. The van der Waals surface area contributed by atoms with E-state index in [4.69, 9.17) is 4.74 Å². The summed E-state index contributed by atoms with van der Waals surface area (Å²) in [5.74, 6) is 0. The van der Waals surface area contributed by atoms with Gasteiger partial charge in [0.1, 0.15) is 0 Å². The van der Waals surface area contributed by atoms with E-state index in [1.165, 1.54) is 0 Å². The Morgan fingerprint density at radius 3 is 2.94 bits per heavy atom. The number of nitrogens with one attached hydrogen (secondary N) is 2. The molecule has 0 amide bonds. The largest absolute Gasteiger partial charge is 0.378 e. The van der Waals surface area contributed by atoms with E-state index in [-0.39, 0.29) is 5.41 Å². The molecule has 2 rings (SSSR count). The molecule has 3 unspecified atom stereocenters. The maximum atomic E-state index is 5.74. The van der Waals surface area contributed by atoms with Crippen molar-refractivity contribution in [2.45, 2.75) is 52.3 Å². The first-order valence-electron chi connectivity index (χ1n) is 6.42. The van der Waals surface area contributed by atoms with Crippen molar-refractivity contribution < 1.29 is 4.74 Å². The number of H-pyrrole nitrogens is 1. The van der Waals surface area contributed by atoms with E-state index in [0.29, 0.717) is 18.2 Å². The third-order valence-electron chi connectivity index (χ3n) is 3.99. The van der Waals surface area contributed by atoms with Gasteiger partial charge in [-0.25, -0.2) is 0 Å². The van der Waals surface area contributed by atoms with Gasteiger partial charge in [0.25, 0.3) is 0 Å². The molecule has 3 atom stereocenters. The normalized spacial score (nSPS) is 28.7. The van der Waals surface area contributed by atoms with Crippen LogP contribution in [0.25, 0.3) is 0 Å². The number of ether oxygens (including phenoxy) is 1. The van der Waals surface area contributed by atoms with Crippen molar-refractivity contribution in [3.8, 4) is 0 Å². The minimum atomic E-state index is 0.213. The summed E-state index contributed by atoms with van der Waals surface area (Å²) in [7, 11) is 0. The zero-order valence-corrected chi connectivity index (χ0v) is 11.2. The van der Waals surface area contributed by atoms with Crippen LogP contribution < -0.4 is 5.32 Å². The number of rotatable bonds is 5. The van der Waals surface area contributed by atoms with Crippen LogP contribution in [-0.4, -0.2) is 29.0 Å². The molecule has 1 aliphatic carbocycles. The van der Waals surface area contributed by atoms with Crippen LogP contribution in [0.3, 0.4) is 0 Å². The minimum Gasteiger partial charge on any atom is -0.378 e. The van der Waals surface area contributed by atoms with Gasteiger partial charge in [0.15, 0.2) is 0 Å². The number of hydrogen-bond acceptors (Lipinski definition) is 3. The average Bonchev–Trinajstić information content (AvgIpc) is 2.81. The summed E-state index contributed by atoms with van der Waals surface area (Å²) in [5.41, 5.74) is 1.35. The molecular weight excluding hydrogens is 214 g/mol. The molecule has 4 nitrogen and oxygen atoms in total. The van der Waals surface area contributed by atoms with Crippen molar-refractivity contribution >= 4 is 0 Å². The highest BCUT2D eigenvalue weighted by atomic mass is 16.5. The lowest BCUT2D eigenvalue weighted by molar-refractivity contribution is -0.116. The fraction of sp³-hybridized carbons (Fsp3) is 0.769. The topological polar surface area (TPSA) is 49.9 Å². The second-order valence-electron chi connectivity index (χ2n) is 5.45. The Morgan fingerprint density at radius 1 is 1.65 bits per heavy atom. The summed E-state index contributed by atoms with van der Waals surface area (Å²) in [6, 6.07) is 2.84. The van der Waals surface area contributed by atoms with E-state index in [9.17, 15) is 0 Å². The Bertz CT molecular complexity index is 348. The Labute approximate surface area is 103 Å². The first kappa shape index (κ1) is 12.6. The average molecular weight is 237 g/mol. The second kappa shape index (κ2) is 4.78. The highest BCUT2D eigenvalue weighted by Crippen LogP contribution is 2.43. The number of hydrogen-bond donors (Lipinski definition) is 2. The zero-order chi connectivity index (χ0) is 12.5. The van der Waals surface area contributed by atoms with Gasteiger partial charge in [0.2, 0.25) is 0 Å². The van der Waals surface area contributed by atoms with Crippen molar-refractivity contribution in [2.75, 3.05) is 6.61 Å². The Morgan fingerprint density at radius 2 is 2.41 bits per heavy atom. The second-order valence-corrected chi connectivity index (χ2v) is 5.45. The van der Waals surface area contributed by atoms with Crippen LogP contribution in [0, 0.1) is 5.41 Å². The lowest BCUT2D eigenvalue weighted by atomic mass is 9.64. The predicted octanol–water partition coefficient (Wildman–Crippen LogP) is 2.26. The molecule has 1 aliphatic rings. The van der Waals surface area contributed by atoms with Gasteiger partial charge in [-0.3, -0.25) is 5.10 Å². The van der Waals surface area contributed by atoms with Crippen molar-refractivity contribution in [3.63, 3.8) is 0 Å². The van der Waals surface area contributed by atoms with E-state index < -0.39 is 0 Å². The fourth-order valence-electron chi connectivity index (χ4n) is 2.55. The van der Waals surface area contributed by atoms with Crippen LogP contribution in [0.5, 0.6) is 0 Å². The van der Waals surface area contributed by atoms with Crippen LogP contribution >= 0.6 is 0 Å². The van der Waals surface area contributed by atoms with Crippen molar-refractivity contribution in [2.24, 2.45) is 5.41 Å². The third-order valence-corrected chi connectivity index (χ3v) is 3.99. The summed E-state index contributed by atoms with van der Waals surface area (Å²) in [6.45, 7) is 9.57. The van der Waals surface area contributed by atoms with E-state index >= 15 is 0 Å². The molecule has 0 aliphatic heterocycles. The molecule has 1 saturated carbocycles. The molecule has 0 aromatic carbocycles. The molecule has 4 heteroatoms. The van der Waals surface area contributed by atoms with Crippen LogP contribution in [-0.2, 0) is 4.74 Å². The van der Waals surface area contributed by atoms with Crippen LogP contribution in [0.15, 0.2) is 12.3 Å². The van der Waals surface area contributed by atoms with Crippen LogP contribution in [0.1, 0.15) is 45.9 Å². The van der Waals surface area contributed by atoms with Gasteiger partial charge in [-0.05, 0) is 26.3 Å². The highest BCUT2D eigenvalue weighted by Gasteiger charge is 2.49. The van der Waals surface area contributed by atoms with Gasteiger partial charge in [0, 0.05) is 30.3 Å². The zero-order valence-electron chi connectivity index (χ0n) is 11.2. The van der Waals surface area contributed by atoms with Gasteiger partial charge in [0.05, 0.1) is 11.8 Å². The molecule has 0 saturated heterocycles. The van der Waals surface area contributed by atoms with E-state index in [1.54, 1.807) is 6.20 Å². The summed E-state index contributed by atoms with van der Waals surface area (Å²) < 4.78 is 5.74. The van der Waals surface area contributed by atoms with E-state index in [2.05, 4.69) is 43.2 Å². The van der Waals surface area contributed by atoms with E-state index in [1.807, 2.05) is 6.07 Å². The molecule has 1 heterocycles. The molecule has 96 valence electrons. The molecule has 17 heavy (non-hydrogen) atoms. The number of nitrogens with zero attached hydrogens (tertiary/aromatic N) is 1. The Hall–Kier alpha value is -0.870. The third kappa shape index (κ3) is 2.38. The maximum Gasteiger partial charge on any atom is 0.0655 e. The van der Waals surface area contributed by atoms with Gasteiger partial charge in [-0.15, -0.1) is 0 Å². The van der Waals surface area contributed by atoms with Gasteiger partial charge in [-0.1, -0.05) is 13.8 Å². The maximum absolute atomic E-state index is 5.74. The minimum absolute atomic E-state index is 0.213. The van der Waals surface area contributed by atoms with Crippen LogP contribution in [0.4, 0.5) is 0 Å². The predicted molar refractivity (Wildman–Crippen MR) is 67.7 cm³/mol. The number of aromatic amines is 1. The first-order valence-corrected chi connectivity index (χ1v) is 6.42. The molecule has 0 spiro atoms. The Balaban J connectivity index is 1.89. The fourth-order valence-corrected chi connectivity index (χ4v) is 2.55. The summed E-state index contributed by atoms with van der Waals surface area (Å²) in [6.07, 6.45) is 3.28. The molecule has 1 aromatic rings. The Kier molecular flexibility index (Phi) is 3.54. The lowest BCUT2D eigenvalue weighted by Crippen LogP contribution is -2.61. The molecule has 1 fully saturated rings. The van der Waals surface area contributed by atoms with Crippen molar-refractivity contribution in [3.05, 3.63) is 18.0 Å². The first-order chi connectivity index (χ1) is 8.05. The van der Waals surface area contributed by atoms with Crippen LogP contribution in [0.2, 0.25) is 0 Å². The lowest BCUT2D eigenvalue weighted by Gasteiger charge is -2.52. The monoisotopic (exact) mass is 237 g/mol. The molecular formula is C13H23N3O. The molecule has 2 N–H and O–H groups in total. The van der Waals surface area contributed by atoms with E-state index in [0.717, 1.165) is 18.7 Å². The SMILES string of the molecule is CCOC1CC(NC(C)c2ccn[nH]2)C1(C)C. The molecule has 0 bridgehead atoms. The molecule has 0 radical (unpaired) electrons. The quantitative estimate of drug-likeness (QED) is 0.826. The standard InChI is InChI=1S/C13H23N3O/c1-5-17-12-8-11(13(12,3)4)15-9(2)10-6-7-14-16-10/h6-7,9,11-12,15H,5,8H2,1-4H3,(H,14,16). The van der Waals surface area contributed by atoms with Gasteiger partial charge >= 0.3 is 0 Å². The summed E-state index contributed by atoms with van der Waals surface area (Å²) in [5, 5.41) is 10.6. The number of aromatic nitrogens is 2. The smallest absolute Gasteiger partial charge is 0.0655 e. The highest BCUT2D eigenvalue weighted by molar-refractivity contribution is 5.08. The van der Waals surface area contributed by atoms with Crippen molar-refractivity contribution in [1.29, 1.82) is 0 Å². The molecule has 1 aromatic heterocycles. The van der Waals surface area contributed by atoms with Crippen molar-refractivity contribution in [1.82, 2.24) is 15.5 Å².